The molecule has 1 saturated heterocycles. The first-order valence-electron chi connectivity index (χ1n) is 8.37. The number of nitrogens with zero attached hydrogens (tertiary/aromatic N) is 1. The largest absolute Gasteiger partial charge is 0.771 e. The zero-order valence-corrected chi connectivity index (χ0v) is 15.9. The van der Waals surface area contributed by atoms with Crippen LogP contribution in [-0.2, 0) is 15.9 Å². The van der Waals surface area contributed by atoms with Crippen molar-refractivity contribution in [2.75, 3.05) is 13.1 Å². The van der Waals surface area contributed by atoms with Crippen molar-refractivity contribution in [1.29, 1.82) is 0 Å². The predicted octanol–water partition coefficient (Wildman–Crippen LogP) is 2.50. The minimum Gasteiger partial charge on any atom is -0.771 e. The second-order valence-corrected chi connectivity index (χ2v) is 8.14. The number of benzene rings is 1. The number of likely N-dealkylation sites (tertiary alicyclic amines) is 1. The van der Waals surface area contributed by atoms with Gasteiger partial charge in [0.2, 0.25) is 5.91 Å². The Morgan fingerprint density at radius 1 is 1.36 bits per heavy atom. The van der Waals surface area contributed by atoms with Crippen LogP contribution in [0.4, 0.5) is 0 Å². The fourth-order valence-electron chi connectivity index (χ4n) is 3.58. The van der Waals surface area contributed by atoms with E-state index < -0.39 is 28.3 Å². The summed E-state index contributed by atoms with van der Waals surface area (Å²) >= 11 is 3.81. The summed E-state index contributed by atoms with van der Waals surface area (Å²) in [4.78, 5) is 13.8. The number of hydroxylamine groups is 1. The van der Waals surface area contributed by atoms with E-state index in [1.807, 2.05) is 29.2 Å². The smallest absolute Gasteiger partial charge is 0.249 e. The van der Waals surface area contributed by atoms with Gasteiger partial charge in [0.05, 0.1) is 11.3 Å². The quantitative estimate of drug-likeness (QED) is 0.444. The second-order valence-electron chi connectivity index (χ2n) is 6.73. The van der Waals surface area contributed by atoms with E-state index >= 15 is 0 Å². The van der Waals surface area contributed by atoms with Crippen LogP contribution in [0.25, 0.3) is 0 Å². The van der Waals surface area contributed by atoms with Crippen molar-refractivity contribution < 1.29 is 18.8 Å². The van der Waals surface area contributed by atoms with Crippen molar-refractivity contribution in [3.8, 4) is 0 Å². The second kappa shape index (κ2) is 9.09. The van der Waals surface area contributed by atoms with Crippen LogP contribution in [-0.4, -0.2) is 43.2 Å². The first kappa shape index (κ1) is 20.3. The first-order valence-corrected chi connectivity index (χ1v) is 9.89. The van der Waals surface area contributed by atoms with E-state index in [0.717, 1.165) is 23.4 Å². The van der Waals surface area contributed by atoms with Crippen LogP contribution in [0.3, 0.4) is 0 Å². The van der Waals surface area contributed by atoms with Gasteiger partial charge in [-0.25, -0.2) is 5.48 Å². The number of carbonyl (C=O) groups excluding carboxylic acids is 1. The Balaban J connectivity index is 2.14. The zero-order valence-electron chi connectivity index (χ0n) is 14.4. The molecule has 25 heavy (non-hydrogen) atoms. The van der Waals surface area contributed by atoms with Crippen LogP contribution in [0.5, 0.6) is 0 Å². The molecule has 0 bridgehead atoms. The maximum Gasteiger partial charge on any atom is 0.249 e. The minimum atomic E-state index is -2.46. The lowest BCUT2D eigenvalue weighted by Gasteiger charge is -2.42. The lowest BCUT2D eigenvalue weighted by atomic mass is 9.87. The minimum absolute atomic E-state index is 0.226. The third-order valence-corrected chi connectivity index (χ3v) is 6.20. The standard InChI is InChI=1S/C17H25ClN2O4S/c1-11(2)15(16(21)19-22)17(25(23)24)20-9-7-12(8-10-20)13-5-3-4-6-14(13)18/h3-6,11-12,15,17,22H,7-10H2,1-2H3,(H,19,21)(H,23,24)/p-1. The normalized spacial score (nSPS) is 20.2. The van der Waals surface area contributed by atoms with E-state index in [0.29, 0.717) is 13.1 Å². The Kier molecular flexibility index (Phi) is 7.39. The SMILES string of the molecule is CC(C)C(C(=O)NO)C(N1CCC(c2ccccc2Cl)CC1)S(=O)[O-]. The zero-order chi connectivity index (χ0) is 18.6. The van der Waals surface area contributed by atoms with E-state index in [-0.39, 0.29) is 11.8 Å². The number of hydrogen-bond donors (Lipinski definition) is 2. The van der Waals surface area contributed by atoms with Gasteiger partial charge in [-0.1, -0.05) is 43.6 Å². The monoisotopic (exact) mass is 387 g/mol. The highest BCUT2D eigenvalue weighted by molar-refractivity contribution is 7.79. The van der Waals surface area contributed by atoms with Gasteiger partial charge in [-0.05, 0) is 60.5 Å². The lowest BCUT2D eigenvalue weighted by Crippen LogP contribution is -2.52. The highest BCUT2D eigenvalue weighted by Crippen LogP contribution is 2.35. The van der Waals surface area contributed by atoms with E-state index in [2.05, 4.69) is 0 Å². The van der Waals surface area contributed by atoms with Crippen molar-refractivity contribution >= 4 is 28.6 Å². The summed E-state index contributed by atoms with van der Waals surface area (Å²) in [5.41, 5.74) is 2.69. The average molecular weight is 388 g/mol. The molecule has 0 spiro atoms. The number of nitrogens with one attached hydrogen (secondary N) is 1. The summed E-state index contributed by atoms with van der Waals surface area (Å²) in [5.74, 6) is -1.45. The van der Waals surface area contributed by atoms with Crippen molar-refractivity contribution in [3.63, 3.8) is 0 Å². The van der Waals surface area contributed by atoms with Crippen molar-refractivity contribution in [3.05, 3.63) is 34.9 Å². The molecular formula is C17H24ClN2O4S-. The van der Waals surface area contributed by atoms with Crippen LogP contribution < -0.4 is 5.48 Å². The van der Waals surface area contributed by atoms with Gasteiger partial charge >= 0.3 is 0 Å². The molecule has 1 aromatic carbocycles. The van der Waals surface area contributed by atoms with E-state index in [1.54, 1.807) is 19.3 Å². The number of piperidine rings is 1. The van der Waals surface area contributed by atoms with Gasteiger partial charge < -0.3 is 4.55 Å². The van der Waals surface area contributed by atoms with Gasteiger partial charge in [0, 0.05) is 5.02 Å². The molecule has 140 valence electrons. The lowest BCUT2D eigenvalue weighted by molar-refractivity contribution is -0.136. The third kappa shape index (κ3) is 4.80. The molecule has 1 aliphatic rings. The molecule has 3 unspecified atom stereocenters. The van der Waals surface area contributed by atoms with Crippen LogP contribution in [0.15, 0.2) is 24.3 Å². The number of rotatable bonds is 6. The van der Waals surface area contributed by atoms with Gasteiger partial charge in [0.1, 0.15) is 0 Å². The molecule has 1 aliphatic heterocycles. The van der Waals surface area contributed by atoms with Crippen molar-refractivity contribution in [1.82, 2.24) is 10.4 Å². The Labute approximate surface area is 155 Å². The number of amides is 1. The molecular weight excluding hydrogens is 364 g/mol. The highest BCUT2D eigenvalue weighted by atomic mass is 35.5. The molecule has 1 fully saturated rings. The van der Waals surface area contributed by atoms with E-state index in [1.165, 1.54) is 0 Å². The summed E-state index contributed by atoms with van der Waals surface area (Å²) in [5, 5.41) is 8.74. The molecule has 8 heteroatoms. The van der Waals surface area contributed by atoms with Gasteiger partial charge in [0.25, 0.3) is 0 Å². The Morgan fingerprint density at radius 3 is 2.44 bits per heavy atom. The molecule has 0 radical (unpaired) electrons. The summed E-state index contributed by atoms with van der Waals surface area (Å²) < 4.78 is 23.7. The van der Waals surface area contributed by atoms with Gasteiger partial charge in [-0.2, -0.15) is 0 Å². The van der Waals surface area contributed by atoms with Gasteiger partial charge in [-0.15, -0.1) is 0 Å². The number of carbonyl (C=O) groups is 1. The molecule has 2 N–H and O–H groups in total. The fraction of sp³-hybridized carbons (Fsp3) is 0.588. The fourth-order valence-corrected chi connectivity index (χ4v) is 5.00. The summed E-state index contributed by atoms with van der Waals surface area (Å²) in [6.45, 7) is 4.65. The predicted molar refractivity (Wildman–Crippen MR) is 96.0 cm³/mol. The molecule has 1 amide bonds. The highest BCUT2D eigenvalue weighted by Gasteiger charge is 2.37. The van der Waals surface area contributed by atoms with Crippen molar-refractivity contribution in [2.24, 2.45) is 11.8 Å². The molecule has 6 nitrogen and oxygen atoms in total. The first-order chi connectivity index (χ1) is 11.9. The molecule has 1 heterocycles. The Bertz CT molecular complexity index is 620. The molecule has 0 aromatic heterocycles. The van der Waals surface area contributed by atoms with Crippen LogP contribution in [0.2, 0.25) is 5.02 Å². The molecule has 3 atom stereocenters. The maximum absolute atomic E-state index is 12.0. The van der Waals surface area contributed by atoms with Crippen LogP contribution in [0, 0.1) is 11.8 Å². The van der Waals surface area contributed by atoms with Crippen LogP contribution >= 0.6 is 11.6 Å². The summed E-state index contributed by atoms with van der Waals surface area (Å²) in [6, 6.07) is 7.70. The van der Waals surface area contributed by atoms with Crippen molar-refractivity contribution in [2.45, 2.75) is 38.0 Å². The summed E-state index contributed by atoms with van der Waals surface area (Å²) in [6.07, 6.45) is 1.53. The number of hydrogen-bond acceptors (Lipinski definition) is 5. The number of halogens is 1. The van der Waals surface area contributed by atoms with Crippen LogP contribution in [0.1, 0.15) is 38.2 Å². The topological polar surface area (TPSA) is 92.7 Å². The Hall–Kier alpha value is -0.990. The van der Waals surface area contributed by atoms with E-state index in [4.69, 9.17) is 16.8 Å². The van der Waals surface area contributed by atoms with Gasteiger partial charge in [-0.3, -0.25) is 19.1 Å². The van der Waals surface area contributed by atoms with Gasteiger partial charge in [0.15, 0.2) is 0 Å². The maximum atomic E-state index is 12.0. The molecule has 0 saturated carbocycles. The van der Waals surface area contributed by atoms with E-state index in [9.17, 15) is 13.6 Å². The Morgan fingerprint density at radius 2 is 1.96 bits per heavy atom. The molecule has 1 aromatic rings. The molecule has 0 aliphatic carbocycles. The molecule has 2 rings (SSSR count). The summed E-state index contributed by atoms with van der Waals surface area (Å²) in [7, 11) is 0. The third-order valence-electron chi connectivity index (χ3n) is 4.87. The average Bonchev–Trinajstić information content (AvgIpc) is 2.59.